The minimum Gasteiger partial charge on any atom is -0.420 e. The van der Waals surface area contributed by atoms with E-state index in [1.165, 1.54) is 0 Å². The Morgan fingerprint density at radius 2 is 1.16 bits per heavy atom. The Hall–Kier alpha value is -4.70. The molecule has 2 aliphatic heterocycles. The number of hydrogen-bond donors (Lipinski definition) is 4. The Kier molecular flexibility index (Phi) is 4.17. The van der Waals surface area contributed by atoms with Gasteiger partial charge in [0, 0.05) is 22.5 Å². The molecule has 0 saturated heterocycles. The zero-order chi connectivity index (χ0) is 22.6. The number of allylic oxidation sites excluding steroid dienone is 2. The molecule has 4 heterocycles. The van der Waals surface area contributed by atoms with Crippen molar-refractivity contribution in [2.45, 2.75) is 25.7 Å². The molecule has 2 aromatic heterocycles. The largest absolute Gasteiger partial charge is 0.420 e. The van der Waals surface area contributed by atoms with Gasteiger partial charge in [-0.05, 0) is 25.0 Å². The summed E-state index contributed by atoms with van der Waals surface area (Å²) in [6, 6.07) is 12.0. The average molecular weight is 426 g/mol. The van der Waals surface area contributed by atoms with E-state index >= 15 is 0 Å². The second-order valence-corrected chi connectivity index (χ2v) is 7.65. The quantitative estimate of drug-likeness (QED) is 0.482. The molecular formula is C22H18N8O2. The second-order valence-electron chi connectivity index (χ2n) is 7.65. The van der Waals surface area contributed by atoms with Crippen LogP contribution in [0.3, 0.4) is 0 Å². The van der Waals surface area contributed by atoms with E-state index in [2.05, 4.69) is 32.5 Å². The maximum absolute atomic E-state index is 9.74. The maximum Gasteiger partial charge on any atom is 0.244 e. The smallest absolute Gasteiger partial charge is 0.244 e. The lowest BCUT2D eigenvalue weighted by Crippen LogP contribution is -2.22. The highest BCUT2D eigenvalue weighted by molar-refractivity contribution is 5.58. The lowest BCUT2D eigenvalue weighted by atomic mass is 9.81. The number of hydrogen-bond acceptors (Lipinski definition) is 8. The Morgan fingerprint density at radius 3 is 1.50 bits per heavy atom. The number of nitriles is 2. The Morgan fingerprint density at radius 1 is 0.781 bits per heavy atom. The summed E-state index contributed by atoms with van der Waals surface area (Å²) >= 11 is 0. The average Bonchev–Trinajstić information content (AvgIpc) is 3.34. The molecule has 5 rings (SSSR count). The SMILES string of the molecule is Cc1[nH]nc2c1C(c1ccc(C3C(C#N)=C(N)Oc4n[nH]c(C)c43)cc1)C(C#N)=C(N)O2. The third kappa shape index (κ3) is 2.63. The van der Waals surface area contributed by atoms with Crippen molar-refractivity contribution in [1.29, 1.82) is 10.5 Å². The molecule has 6 N–H and O–H groups in total. The molecule has 0 radical (unpaired) electrons. The first-order valence-electron chi connectivity index (χ1n) is 9.79. The first-order valence-corrected chi connectivity index (χ1v) is 9.79. The number of benzene rings is 1. The first-order chi connectivity index (χ1) is 15.4. The van der Waals surface area contributed by atoms with Crippen LogP contribution < -0.4 is 20.9 Å². The summed E-state index contributed by atoms with van der Waals surface area (Å²) in [5.41, 5.74) is 17.4. The summed E-state index contributed by atoms with van der Waals surface area (Å²) in [5.74, 6) is -0.0587. The molecule has 1 aromatic carbocycles. The lowest BCUT2D eigenvalue weighted by Gasteiger charge is -2.25. The number of ether oxygens (including phenoxy) is 2. The van der Waals surface area contributed by atoms with Gasteiger partial charge in [0.25, 0.3) is 0 Å². The van der Waals surface area contributed by atoms with Crippen LogP contribution in [0, 0.1) is 36.5 Å². The molecule has 2 aliphatic rings. The van der Waals surface area contributed by atoms with Gasteiger partial charge in [0.05, 0.1) is 11.8 Å². The normalized spacial score (nSPS) is 19.4. The van der Waals surface area contributed by atoms with E-state index in [1.54, 1.807) is 0 Å². The molecule has 2 unspecified atom stereocenters. The van der Waals surface area contributed by atoms with Gasteiger partial charge in [0.2, 0.25) is 23.5 Å². The maximum atomic E-state index is 9.74. The highest BCUT2D eigenvalue weighted by Gasteiger charge is 2.36. The van der Waals surface area contributed by atoms with E-state index < -0.39 is 11.8 Å². The minimum absolute atomic E-state index is 0.0335. The van der Waals surface area contributed by atoms with Crippen LogP contribution in [0.1, 0.15) is 45.5 Å². The van der Waals surface area contributed by atoms with Crippen molar-refractivity contribution < 1.29 is 9.47 Å². The van der Waals surface area contributed by atoms with Crippen LogP contribution in [-0.2, 0) is 0 Å². The van der Waals surface area contributed by atoms with Crippen molar-refractivity contribution in [3.05, 3.63) is 80.8 Å². The number of aromatic nitrogens is 4. The van der Waals surface area contributed by atoms with Crippen molar-refractivity contribution >= 4 is 0 Å². The van der Waals surface area contributed by atoms with Crippen LogP contribution in [0.5, 0.6) is 11.8 Å². The van der Waals surface area contributed by atoms with Gasteiger partial charge in [-0.1, -0.05) is 24.3 Å². The Bertz CT molecular complexity index is 1290. The molecule has 3 aromatic rings. The summed E-state index contributed by atoms with van der Waals surface area (Å²) < 4.78 is 11.0. The minimum atomic E-state index is -0.423. The first kappa shape index (κ1) is 19.3. The van der Waals surface area contributed by atoms with Crippen molar-refractivity contribution in [3.8, 4) is 23.9 Å². The van der Waals surface area contributed by atoms with Crippen molar-refractivity contribution in [3.63, 3.8) is 0 Å². The zero-order valence-corrected chi connectivity index (χ0v) is 17.2. The zero-order valence-electron chi connectivity index (χ0n) is 17.2. The molecule has 0 saturated carbocycles. The van der Waals surface area contributed by atoms with Crippen LogP contribution in [0.4, 0.5) is 0 Å². The number of nitrogens with two attached hydrogens (primary N) is 2. The van der Waals surface area contributed by atoms with Gasteiger partial charge >= 0.3 is 0 Å². The predicted molar refractivity (Wildman–Crippen MR) is 112 cm³/mol. The van der Waals surface area contributed by atoms with Gasteiger partial charge in [0.15, 0.2) is 0 Å². The van der Waals surface area contributed by atoms with Gasteiger partial charge in [0.1, 0.15) is 23.3 Å². The standard InChI is InChI=1S/C22H18N8O2/c1-9-15-17(13(7-23)19(25)31-21(15)29-27-9)11-3-5-12(6-4-11)18-14(8-24)20(26)32-22-16(18)10(2)28-30-22/h3-6,17-18H,25-26H2,1-2H3,(H,27,29)(H,28,30). The number of nitrogens with one attached hydrogen (secondary N) is 2. The molecule has 0 fully saturated rings. The number of H-pyrrole nitrogens is 2. The number of aryl methyl sites for hydroxylation is 2. The fourth-order valence-electron chi connectivity index (χ4n) is 4.34. The van der Waals surface area contributed by atoms with E-state index in [-0.39, 0.29) is 11.8 Å². The molecule has 0 bridgehead atoms. The molecule has 10 nitrogen and oxygen atoms in total. The van der Waals surface area contributed by atoms with Crippen LogP contribution in [0.2, 0.25) is 0 Å². The molecule has 158 valence electrons. The van der Waals surface area contributed by atoms with E-state index in [0.717, 1.165) is 33.6 Å². The van der Waals surface area contributed by atoms with Gasteiger partial charge in [-0.3, -0.25) is 10.2 Å². The third-order valence-electron chi connectivity index (χ3n) is 5.86. The van der Waals surface area contributed by atoms with Gasteiger partial charge < -0.3 is 20.9 Å². The Balaban J connectivity index is 1.62. The number of nitrogens with zero attached hydrogens (tertiary/aromatic N) is 4. The van der Waals surface area contributed by atoms with Crippen molar-refractivity contribution in [1.82, 2.24) is 20.4 Å². The molecule has 2 atom stereocenters. The Labute approximate surface area is 182 Å². The fraction of sp³-hybridized carbons (Fsp3) is 0.182. The lowest BCUT2D eigenvalue weighted by molar-refractivity contribution is 0.378. The highest BCUT2D eigenvalue weighted by atomic mass is 16.5. The molecule has 0 amide bonds. The fourth-order valence-corrected chi connectivity index (χ4v) is 4.34. The summed E-state index contributed by atoms with van der Waals surface area (Å²) in [6.45, 7) is 3.73. The molecule has 32 heavy (non-hydrogen) atoms. The molecule has 0 spiro atoms. The van der Waals surface area contributed by atoms with Crippen LogP contribution in [0.25, 0.3) is 0 Å². The van der Waals surface area contributed by atoms with Crippen LogP contribution >= 0.6 is 0 Å². The summed E-state index contributed by atoms with van der Waals surface area (Å²) in [4.78, 5) is 0. The monoisotopic (exact) mass is 426 g/mol. The molecule has 10 heteroatoms. The molecule has 0 aliphatic carbocycles. The van der Waals surface area contributed by atoms with E-state index in [0.29, 0.717) is 22.9 Å². The summed E-state index contributed by atoms with van der Waals surface area (Å²) in [6.07, 6.45) is 0. The highest BCUT2D eigenvalue weighted by Crippen LogP contribution is 2.45. The van der Waals surface area contributed by atoms with Gasteiger partial charge in [-0.2, -0.15) is 10.5 Å². The van der Waals surface area contributed by atoms with E-state index in [1.807, 2.05) is 38.1 Å². The number of fused-ring (bicyclic) bond motifs is 2. The second kappa shape index (κ2) is 6.93. The summed E-state index contributed by atoms with van der Waals surface area (Å²) in [7, 11) is 0. The number of aromatic amines is 2. The van der Waals surface area contributed by atoms with Gasteiger partial charge in [-0.25, -0.2) is 0 Å². The summed E-state index contributed by atoms with van der Waals surface area (Å²) in [5, 5.41) is 33.6. The van der Waals surface area contributed by atoms with Crippen molar-refractivity contribution in [2.75, 3.05) is 0 Å². The third-order valence-corrected chi connectivity index (χ3v) is 5.86. The molecular weight excluding hydrogens is 408 g/mol. The van der Waals surface area contributed by atoms with E-state index in [9.17, 15) is 10.5 Å². The number of rotatable bonds is 2. The topological polar surface area (TPSA) is 175 Å². The predicted octanol–water partition coefficient (Wildman–Crippen LogP) is 2.19. The van der Waals surface area contributed by atoms with Gasteiger partial charge in [-0.15, -0.1) is 10.2 Å². The van der Waals surface area contributed by atoms with Crippen molar-refractivity contribution in [2.24, 2.45) is 11.5 Å². The van der Waals surface area contributed by atoms with Crippen LogP contribution in [0.15, 0.2) is 47.2 Å². The van der Waals surface area contributed by atoms with E-state index in [4.69, 9.17) is 20.9 Å². The van der Waals surface area contributed by atoms with Crippen LogP contribution in [-0.4, -0.2) is 20.4 Å².